The number of thioether (sulfide) groups is 1. The first-order valence-corrected chi connectivity index (χ1v) is 12.6. The zero-order chi connectivity index (χ0) is 24.1. The highest BCUT2D eigenvalue weighted by molar-refractivity contribution is 7.98. The Morgan fingerprint density at radius 1 is 1.09 bits per heavy atom. The quantitative estimate of drug-likeness (QED) is 0.484. The molecule has 178 valence electrons. The van der Waals surface area contributed by atoms with E-state index in [0.29, 0.717) is 35.7 Å². The van der Waals surface area contributed by atoms with Gasteiger partial charge in [0.25, 0.3) is 5.91 Å². The molecule has 0 spiro atoms. The number of methoxy groups -OCH3 is 2. The van der Waals surface area contributed by atoms with E-state index in [0.717, 1.165) is 23.3 Å². The predicted octanol–water partition coefficient (Wildman–Crippen LogP) is 4.98. The Morgan fingerprint density at radius 3 is 2.27 bits per heavy atom. The molecule has 0 saturated heterocycles. The summed E-state index contributed by atoms with van der Waals surface area (Å²) in [6.07, 6.45) is 3.97. The first kappa shape index (κ1) is 25.0. The van der Waals surface area contributed by atoms with Crippen molar-refractivity contribution in [2.24, 2.45) is 0 Å². The van der Waals surface area contributed by atoms with Crippen LogP contribution in [0.15, 0.2) is 41.3 Å². The molecule has 2 aromatic rings. The van der Waals surface area contributed by atoms with Crippen molar-refractivity contribution in [2.45, 2.75) is 43.5 Å². The van der Waals surface area contributed by atoms with Gasteiger partial charge in [-0.05, 0) is 55.0 Å². The Balaban J connectivity index is 2.21. The van der Waals surface area contributed by atoms with Crippen LogP contribution in [0.25, 0.3) is 0 Å². The highest BCUT2D eigenvalue weighted by Crippen LogP contribution is 2.46. The van der Waals surface area contributed by atoms with Gasteiger partial charge in [0.15, 0.2) is 11.5 Å². The molecule has 6 nitrogen and oxygen atoms in total. The molecular formula is C26H34N2O4S. The molecule has 0 bridgehead atoms. The second-order valence-corrected chi connectivity index (χ2v) is 9.06. The van der Waals surface area contributed by atoms with E-state index in [4.69, 9.17) is 9.47 Å². The molecule has 1 aliphatic rings. The SMILES string of the molecule is CCCCN(CC)C(=O)[C@H]1c2cc(OC)c(OC)cc2C(=O)N(C)[C@@H]1c1ccc(SC)cc1. The van der Waals surface area contributed by atoms with E-state index in [9.17, 15) is 9.59 Å². The average Bonchev–Trinajstić information content (AvgIpc) is 2.85. The van der Waals surface area contributed by atoms with E-state index >= 15 is 0 Å². The largest absolute Gasteiger partial charge is 0.493 e. The van der Waals surface area contributed by atoms with Crippen LogP contribution >= 0.6 is 11.8 Å². The number of hydrogen-bond donors (Lipinski definition) is 0. The van der Waals surface area contributed by atoms with Crippen LogP contribution in [0.1, 0.15) is 60.1 Å². The summed E-state index contributed by atoms with van der Waals surface area (Å²) < 4.78 is 11.0. The summed E-state index contributed by atoms with van der Waals surface area (Å²) in [5.74, 6) is 0.340. The van der Waals surface area contributed by atoms with Crippen molar-refractivity contribution in [2.75, 3.05) is 40.6 Å². The Hall–Kier alpha value is -2.67. The molecule has 0 aromatic heterocycles. The van der Waals surface area contributed by atoms with E-state index in [1.54, 1.807) is 50.1 Å². The number of nitrogens with zero attached hydrogens (tertiary/aromatic N) is 2. The molecule has 1 heterocycles. The maximum absolute atomic E-state index is 14.0. The van der Waals surface area contributed by atoms with E-state index in [1.807, 2.05) is 42.3 Å². The van der Waals surface area contributed by atoms with Gasteiger partial charge in [0.2, 0.25) is 5.91 Å². The lowest BCUT2D eigenvalue weighted by atomic mass is 9.78. The fourth-order valence-corrected chi connectivity index (χ4v) is 4.91. The minimum absolute atomic E-state index is 0.0257. The zero-order valence-corrected chi connectivity index (χ0v) is 21.2. The molecule has 7 heteroatoms. The lowest BCUT2D eigenvalue weighted by Gasteiger charge is -2.41. The maximum Gasteiger partial charge on any atom is 0.254 e. The molecule has 3 rings (SSSR count). The van der Waals surface area contributed by atoms with E-state index in [2.05, 4.69) is 6.92 Å². The van der Waals surface area contributed by atoms with Crippen LogP contribution in [0.2, 0.25) is 0 Å². The Kier molecular flexibility index (Phi) is 8.30. The Labute approximate surface area is 201 Å². The number of ether oxygens (including phenoxy) is 2. The van der Waals surface area contributed by atoms with Crippen LogP contribution in [0.3, 0.4) is 0 Å². The second-order valence-electron chi connectivity index (χ2n) is 8.18. The number of carbonyl (C=O) groups excluding carboxylic acids is 2. The second kappa shape index (κ2) is 11.0. The topological polar surface area (TPSA) is 59.1 Å². The minimum Gasteiger partial charge on any atom is -0.493 e. The third-order valence-corrected chi connectivity index (χ3v) is 7.12. The number of unbranched alkanes of at least 4 members (excludes halogenated alkanes) is 1. The van der Waals surface area contributed by atoms with E-state index in [-0.39, 0.29) is 11.8 Å². The molecular weight excluding hydrogens is 436 g/mol. The number of carbonyl (C=O) groups is 2. The van der Waals surface area contributed by atoms with Crippen molar-refractivity contribution < 1.29 is 19.1 Å². The summed E-state index contributed by atoms with van der Waals surface area (Å²) >= 11 is 1.66. The smallest absolute Gasteiger partial charge is 0.254 e. The van der Waals surface area contributed by atoms with Gasteiger partial charge in [-0.2, -0.15) is 0 Å². The first-order valence-electron chi connectivity index (χ1n) is 11.4. The van der Waals surface area contributed by atoms with Crippen molar-refractivity contribution >= 4 is 23.6 Å². The number of amides is 2. The number of benzene rings is 2. The molecule has 2 aromatic carbocycles. The van der Waals surface area contributed by atoms with Gasteiger partial charge in [0.1, 0.15) is 0 Å². The van der Waals surface area contributed by atoms with Crippen LogP contribution in [0, 0.1) is 0 Å². The van der Waals surface area contributed by atoms with Crippen molar-refractivity contribution in [1.29, 1.82) is 0 Å². The van der Waals surface area contributed by atoms with Gasteiger partial charge < -0.3 is 19.3 Å². The standard InChI is InChI=1S/C26H34N2O4S/c1-7-9-14-28(8-2)26(30)23-19-15-21(31-4)22(32-5)16-20(19)25(29)27(3)24(23)17-10-12-18(33-6)13-11-17/h10-13,15-16,23-24H,7-9,14H2,1-6H3/t23-,24+/m0/s1. The number of hydrogen-bond acceptors (Lipinski definition) is 5. The first-order chi connectivity index (χ1) is 15.9. The number of fused-ring (bicyclic) bond motifs is 1. The molecule has 0 radical (unpaired) electrons. The average molecular weight is 471 g/mol. The van der Waals surface area contributed by atoms with Crippen LogP contribution in [-0.4, -0.2) is 62.2 Å². The van der Waals surface area contributed by atoms with Gasteiger partial charge >= 0.3 is 0 Å². The Bertz CT molecular complexity index is 993. The molecule has 0 aliphatic carbocycles. The Morgan fingerprint density at radius 2 is 1.73 bits per heavy atom. The predicted molar refractivity (Wildman–Crippen MR) is 133 cm³/mol. The highest BCUT2D eigenvalue weighted by Gasteiger charge is 2.44. The van der Waals surface area contributed by atoms with Crippen molar-refractivity contribution in [3.05, 3.63) is 53.1 Å². The van der Waals surface area contributed by atoms with Crippen molar-refractivity contribution in [1.82, 2.24) is 9.80 Å². The van der Waals surface area contributed by atoms with Crippen LogP contribution in [0.4, 0.5) is 0 Å². The summed E-state index contributed by atoms with van der Waals surface area (Å²) in [5.41, 5.74) is 2.11. The summed E-state index contributed by atoms with van der Waals surface area (Å²) in [5, 5.41) is 0. The molecule has 2 amide bonds. The van der Waals surface area contributed by atoms with Gasteiger partial charge in [-0.3, -0.25) is 9.59 Å². The van der Waals surface area contributed by atoms with Gasteiger partial charge in [0.05, 0.1) is 26.2 Å². The molecule has 0 N–H and O–H groups in total. The molecule has 2 atom stereocenters. The van der Waals surface area contributed by atoms with Crippen LogP contribution in [-0.2, 0) is 4.79 Å². The van der Waals surface area contributed by atoms with Crippen LogP contribution in [0.5, 0.6) is 11.5 Å². The summed E-state index contributed by atoms with van der Waals surface area (Å²) in [4.78, 5) is 32.2. The monoisotopic (exact) mass is 470 g/mol. The maximum atomic E-state index is 14.0. The zero-order valence-electron chi connectivity index (χ0n) is 20.4. The van der Waals surface area contributed by atoms with E-state index < -0.39 is 12.0 Å². The van der Waals surface area contributed by atoms with E-state index in [1.165, 1.54) is 0 Å². The normalized spacial score (nSPS) is 17.5. The van der Waals surface area contributed by atoms with Crippen molar-refractivity contribution in [3.8, 4) is 11.5 Å². The van der Waals surface area contributed by atoms with Gasteiger partial charge in [-0.25, -0.2) is 0 Å². The van der Waals surface area contributed by atoms with Crippen molar-refractivity contribution in [3.63, 3.8) is 0 Å². The molecule has 0 unspecified atom stereocenters. The lowest BCUT2D eigenvalue weighted by molar-refractivity contribution is -0.134. The fourth-order valence-electron chi connectivity index (χ4n) is 4.50. The van der Waals surface area contributed by atoms with Gasteiger partial charge in [-0.15, -0.1) is 11.8 Å². The van der Waals surface area contributed by atoms with Crippen LogP contribution < -0.4 is 9.47 Å². The summed E-state index contributed by atoms with van der Waals surface area (Å²) in [7, 11) is 4.89. The molecule has 1 aliphatic heterocycles. The molecule has 0 saturated carbocycles. The van der Waals surface area contributed by atoms with Gasteiger partial charge in [-0.1, -0.05) is 25.5 Å². The number of likely N-dealkylation sites (N-methyl/N-ethyl adjacent to an activating group) is 2. The lowest BCUT2D eigenvalue weighted by Crippen LogP contribution is -2.47. The molecule has 0 fully saturated rings. The summed E-state index contributed by atoms with van der Waals surface area (Å²) in [6.45, 7) is 5.44. The minimum atomic E-state index is -0.542. The third kappa shape index (κ3) is 4.83. The number of rotatable bonds is 9. The third-order valence-electron chi connectivity index (χ3n) is 6.37. The highest BCUT2D eigenvalue weighted by atomic mass is 32.2. The molecule has 33 heavy (non-hydrogen) atoms. The fraction of sp³-hybridized carbons (Fsp3) is 0.462. The van der Waals surface area contributed by atoms with Gasteiger partial charge in [0, 0.05) is 30.6 Å². The summed E-state index contributed by atoms with van der Waals surface area (Å²) in [6, 6.07) is 11.2.